The zero-order chi connectivity index (χ0) is 16.4. The van der Waals surface area contributed by atoms with Gasteiger partial charge >= 0.3 is 5.97 Å². The molecule has 0 aliphatic heterocycles. The third-order valence-corrected chi connectivity index (χ3v) is 4.69. The number of rotatable bonds is 3. The van der Waals surface area contributed by atoms with E-state index in [1.54, 1.807) is 31.2 Å². The average Bonchev–Trinajstić information content (AvgIpc) is 2.76. The molecule has 0 radical (unpaired) electrons. The number of carbonyl (C=O) groups is 3. The van der Waals surface area contributed by atoms with Gasteiger partial charge in [0.1, 0.15) is 0 Å². The number of carbonyl (C=O) groups excluding carboxylic acids is 3. The Kier molecular flexibility index (Phi) is 4.42. The smallest absolute Gasteiger partial charge is 0.306 e. The maximum Gasteiger partial charge on any atom is 0.306 e. The van der Waals surface area contributed by atoms with Gasteiger partial charge in [-0.1, -0.05) is 24.3 Å². The summed E-state index contributed by atoms with van der Waals surface area (Å²) in [6.07, 6.45) is 3.00. The predicted octanol–water partition coefficient (Wildman–Crippen LogP) is 3.51. The molecule has 0 atom stereocenters. The summed E-state index contributed by atoms with van der Waals surface area (Å²) >= 11 is 0. The number of hydrogen-bond donors (Lipinski definition) is 0. The minimum atomic E-state index is -0.196. The number of ether oxygens (including phenoxy) is 1. The van der Waals surface area contributed by atoms with Crippen LogP contribution in [0.15, 0.2) is 35.4 Å². The SMILES string of the molecule is CCOC(=O)CC1CCC2=C(CC1)C(=O)c1ccccc1C2=O. The van der Waals surface area contributed by atoms with E-state index in [9.17, 15) is 14.4 Å². The van der Waals surface area contributed by atoms with Crippen molar-refractivity contribution in [3.63, 3.8) is 0 Å². The molecular formula is C19H20O4. The van der Waals surface area contributed by atoms with Gasteiger partial charge in [0.2, 0.25) is 0 Å². The third-order valence-electron chi connectivity index (χ3n) is 4.69. The van der Waals surface area contributed by atoms with E-state index in [2.05, 4.69) is 0 Å². The van der Waals surface area contributed by atoms with E-state index in [0.717, 1.165) is 12.8 Å². The fraction of sp³-hybridized carbons (Fsp3) is 0.421. The average molecular weight is 312 g/mol. The summed E-state index contributed by atoms with van der Waals surface area (Å²) in [5.74, 6) is -0.0688. The largest absolute Gasteiger partial charge is 0.466 e. The minimum Gasteiger partial charge on any atom is -0.466 e. The van der Waals surface area contributed by atoms with Gasteiger partial charge in [-0.05, 0) is 38.5 Å². The highest BCUT2D eigenvalue weighted by Gasteiger charge is 2.34. The number of ketones is 2. The van der Waals surface area contributed by atoms with Crippen LogP contribution >= 0.6 is 0 Å². The minimum absolute atomic E-state index is 0.0213. The summed E-state index contributed by atoms with van der Waals surface area (Å²) in [4.78, 5) is 37.0. The quantitative estimate of drug-likeness (QED) is 0.801. The maximum atomic E-state index is 12.7. The van der Waals surface area contributed by atoms with E-state index in [4.69, 9.17) is 4.74 Å². The second-order valence-corrected chi connectivity index (χ2v) is 6.11. The van der Waals surface area contributed by atoms with Crippen molar-refractivity contribution in [3.05, 3.63) is 46.5 Å². The zero-order valence-electron chi connectivity index (χ0n) is 13.3. The molecule has 1 aromatic rings. The highest BCUT2D eigenvalue weighted by atomic mass is 16.5. The van der Waals surface area contributed by atoms with Crippen LogP contribution in [0.25, 0.3) is 0 Å². The van der Waals surface area contributed by atoms with E-state index in [0.29, 0.717) is 48.1 Å². The Balaban J connectivity index is 1.80. The van der Waals surface area contributed by atoms with Gasteiger partial charge in [-0.15, -0.1) is 0 Å². The van der Waals surface area contributed by atoms with Gasteiger partial charge in [-0.3, -0.25) is 14.4 Å². The first-order valence-corrected chi connectivity index (χ1v) is 8.18. The van der Waals surface area contributed by atoms with Crippen molar-refractivity contribution < 1.29 is 19.1 Å². The molecule has 0 saturated carbocycles. The summed E-state index contributed by atoms with van der Waals surface area (Å²) in [6.45, 7) is 2.17. The van der Waals surface area contributed by atoms with Gasteiger partial charge in [0.25, 0.3) is 0 Å². The molecule has 0 fully saturated rings. The van der Waals surface area contributed by atoms with Crippen molar-refractivity contribution >= 4 is 17.5 Å². The van der Waals surface area contributed by atoms with Crippen LogP contribution < -0.4 is 0 Å². The normalized spacial score (nSPS) is 18.3. The van der Waals surface area contributed by atoms with E-state index < -0.39 is 0 Å². The number of Topliss-reactive ketones (excluding diaryl/α,β-unsaturated/α-hetero) is 2. The van der Waals surface area contributed by atoms with Crippen LogP contribution in [0, 0.1) is 5.92 Å². The fourth-order valence-electron chi connectivity index (χ4n) is 3.51. The summed E-state index contributed by atoms with van der Waals surface area (Å²) in [5.41, 5.74) is 2.33. The van der Waals surface area contributed by atoms with Gasteiger partial charge in [0.15, 0.2) is 11.6 Å². The van der Waals surface area contributed by atoms with Gasteiger partial charge in [0, 0.05) is 28.7 Å². The molecular weight excluding hydrogens is 292 g/mol. The number of allylic oxidation sites excluding steroid dienone is 2. The lowest BCUT2D eigenvalue weighted by molar-refractivity contribution is -0.144. The van der Waals surface area contributed by atoms with Gasteiger partial charge in [-0.25, -0.2) is 0 Å². The molecule has 2 aliphatic carbocycles. The summed E-state index contributed by atoms with van der Waals surface area (Å²) < 4.78 is 5.01. The number of esters is 1. The standard InChI is InChI=1S/C19H20O4/c1-2-23-17(20)11-12-7-9-15-16(10-8-12)19(22)14-6-4-3-5-13(14)18(15)21/h3-6,12H,2,7-11H2,1H3. The lowest BCUT2D eigenvalue weighted by Gasteiger charge is -2.19. The van der Waals surface area contributed by atoms with Crippen molar-refractivity contribution in [2.45, 2.75) is 39.0 Å². The first kappa shape index (κ1) is 15.7. The third kappa shape index (κ3) is 2.98. The van der Waals surface area contributed by atoms with Crippen molar-refractivity contribution in [2.75, 3.05) is 6.61 Å². The molecule has 0 N–H and O–H groups in total. The van der Waals surface area contributed by atoms with Crippen LogP contribution in [0.1, 0.15) is 59.7 Å². The topological polar surface area (TPSA) is 60.4 Å². The van der Waals surface area contributed by atoms with Crippen LogP contribution in [0.2, 0.25) is 0 Å². The molecule has 1 aromatic carbocycles. The Labute approximate surface area is 135 Å². The van der Waals surface area contributed by atoms with Crippen LogP contribution in [0.5, 0.6) is 0 Å². The molecule has 4 heteroatoms. The first-order chi connectivity index (χ1) is 11.1. The van der Waals surface area contributed by atoms with Gasteiger partial charge in [0.05, 0.1) is 6.61 Å². The molecule has 0 amide bonds. The Bertz CT molecular complexity index is 650. The molecule has 0 spiro atoms. The Morgan fingerprint density at radius 1 is 1.04 bits per heavy atom. The first-order valence-electron chi connectivity index (χ1n) is 8.18. The van der Waals surface area contributed by atoms with E-state index >= 15 is 0 Å². The second-order valence-electron chi connectivity index (χ2n) is 6.11. The molecule has 3 rings (SSSR count). The van der Waals surface area contributed by atoms with Crippen molar-refractivity contribution in [2.24, 2.45) is 5.92 Å². The Hall–Kier alpha value is -2.23. The monoisotopic (exact) mass is 312 g/mol. The predicted molar refractivity (Wildman–Crippen MR) is 85.3 cm³/mol. The summed E-state index contributed by atoms with van der Waals surface area (Å²) in [6, 6.07) is 7.02. The number of hydrogen-bond acceptors (Lipinski definition) is 4. The molecule has 0 heterocycles. The van der Waals surface area contributed by atoms with E-state index in [1.165, 1.54) is 0 Å². The van der Waals surface area contributed by atoms with Crippen LogP contribution in [-0.4, -0.2) is 24.1 Å². The Morgan fingerprint density at radius 3 is 2.04 bits per heavy atom. The lowest BCUT2D eigenvalue weighted by atomic mass is 9.82. The molecule has 0 bridgehead atoms. The molecule has 0 saturated heterocycles. The van der Waals surface area contributed by atoms with Crippen LogP contribution in [-0.2, 0) is 9.53 Å². The summed E-state index contributed by atoms with van der Waals surface area (Å²) in [7, 11) is 0. The van der Waals surface area contributed by atoms with Crippen molar-refractivity contribution in [1.82, 2.24) is 0 Å². The molecule has 0 unspecified atom stereocenters. The molecule has 2 aliphatic rings. The second kappa shape index (κ2) is 6.49. The fourth-order valence-corrected chi connectivity index (χ4v) is 3.51. The van der Waals surface area contributed by atoms with Crippen LogP contribution in [0.3, 0.4) is 0 Å². The van der Waals surface area contributed by atoms with Crippen molar-refractivity contribution in [3.8, 4) is 0 Å². The van der Waals surface area contributed by atoms with Crippen molar-refractivity contribution in [1.29, 1.82) is 0 Å². The molecule has 0 aromatic heterocycles. The maximum absolute atomic E-state index is 12.7. The lowest BCUT2D eigenvalue weighted by Crippen LogP contribution is -2.21. The number of benzene rings is 1. The highest BCUT2D eigenvalue weighted by molar-refractivity contribution is 6.26. The number of fused-ring (bicyclic) bond motifs is 1. The Morgan fingerprint density at radius 2 is 1.57 bits per heavy atom. The van der Waals surface area contributed by atoms with Gasteiger partial charge in [-0.2, -0.15) is 0 Å². The molecule has 120 valence electrons. The van der Waals surface area contributed by atoms with Gasteiger partial charge < -0.3 is 4.74 Å². The summed E-state index contributed by atoms with van der Waals surface area (Å²) in [5, 5.41) is 0. The molecule has 23 heavy (non-hydrogen) atoms. The zero-order valence-corrected chi connectivity index (χ0v) is 13.3. The highest BCUT2D eigenvalue weighted by Crippen LogP contribution is 2.37. The van der Waals surface area contributed by atoms with E-state index in [-0.39, 0.29) is 23.5 Å². The molecule has 4 nitrogen and oxygen atoms in total. The van der Waals surface area contributed by atoms with Crippen LogP contribution in [0.4, 0.5) is 0 Å². The van der Waals surface area contributed by atoms with E-state index in [1.807, 2.05) is 0 Å².